The number of hydrogen-bond donors (Lipinski definition) is 2. The van der Waals surface area contributed by atoms with Crippen molar-refractivity contribution in [2.45, 2.75) is 44.2 Å². The third-order valence-corrected chi connectivity index (χ3v) is 5.44. The predicted octanol–water partition coefficient (Wildman–Crippen LogP) is 1.79. The molecule has 1 saturated carbocycles. The Morgan fingerprint density at radius 1 is 1.37 bits per heavy atom. The van der Waals surface area contributed by atoms with Crippen LogP contribution in [0.5, 0.6) is 0 Å². The van der Waals surface area contributed by atoms with E-state index in [9.17, 15) is 8.42 Å². The van der Waals surface area contributed by atoms with Crippen molar-refractivity contribution in [3.8, 4) is 0 Å². The maximum Gasteiger partial charge on any atom is 0.241 e. The normalized spacial score (nSPS) is 22.5. The van der Waals surface area contributed by atoms with Gasteiger partial charge in [-0.1, -0.05) is 25.5 Å². The van der Waals surface area contributed by atoms with E-state index in [-0.39, 0.29) is 6.04 Å². The number of sulfonamides is 1. The van der Waals surface area contributed by atoms with Crippen molar-refractivity contribution in [2.24, 2.45) is 5.92 Å². The molecule has 2 N–H and O–H groups in total. The molecule has 0 amide bonds. The van der Waals surface area contributed by atoms with Gasteiger partial charge in [-0.15, -0.1) is 0 Å². The molecule has 1 aliphatic rings. The van der Waals surface area contributed by atoms with Crippen LogP contribution in [0.1, 0.15) is 30.9 Å². The third kappa shape index (κ3) is 3.16. The Morgan fingerprint density at radius 2 is 2.11 bits per heavy atom. The first-order chi connectivity index (χ1) is 8.99. The fourth-order valence-electron chi connectivity index (χ4n) is 2.44. The molecule has 2 atom stereocenters. The van der Waals surface area contributed by atoms with E-state index >= 15 is 0 Å². The predicted molar refractivity (Wildman–Crippen MR) is 76.5 cm³/mol. The average molecular weight is 282 g/mol. The van der Waals surface area contributed by atoms with E-state index in [1.165, 1.54) is 0 Å². The topological polar surface area (TPSA) is 58.2 Å². The smallest absolute Gasteiger partial charge is 0.241 e. The van der Waals surface area contributed by atoms with E-state index in [2.05, 4.69) is 17.0 Å². The van der Waals surface area contributed by atoms with E-state index in [4.69, 9.17) is 0 Å². The van der Waals surface area contributed by atoms with E-state index in [1.54, 1.807) is 12.1 Å². The first kappa shape index (κ1) is 14.5. The summed E-state index contributed by atoms with van der Waals surface area (Å²) in [6.45, 7) is 4.64. The minimum absolute atomic E-state index is 0.127. The summed E-state index contributed by atoms with van der Waals surface area (Å²) in [5, 5.41) is 3.06. The Labute approximate surface area is 115 Å². The van der Waals surface area contributed by atoms with Gasteiger partial charge in [0.1, 0.15) is 0 Å². The standard InChI is InChI=1S/C14H22N2O2S/c1-4-11-8-13(11)16-19(17,18)14-7-5-6-12(9-15-3)10(14)2/h5-7,11,13,15-16H,4,8-9H2,1-3H3. The van der Waals surface area contributed by atoms with Crippen LogP contribution in [0.4, 0.5) is 0 Å². The highest BCUT2D eigenvalue weighted by Gasteiger charge is 2.38. The van der Waals surface area contributed by atoms with Crippen molar-refractivity contribution in [1.82, 2.24) is 10.0 Å². The molecule has 2 rings (SSSR count). The summed E-state index contributed by atoms with van der Waals surface area (Å²) in [6.07, 6.45) is 2.00. The Balaban J connectivity index is 2.23. The van der Waals surface area contributed by atoms with Crippen molar-refractivity contribution in [3.63, 3.8) is 0 Å². The summed E-state index contributed by atoms with van der Waals surface area (Å²) in [5.41, 5.74) is 1.85. The molecule has 0 aromatic heterocycles. The monoisotopic (exact) mass is 282 g/mol. The van der Waals surface area contributed by atoms with Crippen LogP contribution in [-0.2, 0) is 16.6 Å². The van der Waals surface area contributed by atoms with Crippen LogP contribution in [0, 0.1) is 12.8 Å². The molecule has 0 radical (unpaired) electrons. The molecule has 5 heteroatoms. The number of nitrogens with one attached hydrogen (secondary N) is 2. The van der Waals surface area contributed by atoms with Gasteiger partial charge >= 0.3 is 0 Å². The first-order valence-corrected chi connectivity index (χ1v) is 8.23. The Morgan fingerprint density at radius 3 is 2.68 bits per heavy atom. The van der Waals surface area contributed by atoms with Crippen molar-refractivity contribution in [1.29, 1.82) is 0 Å². The quantitative estimate of drug-likeness (QED) is 0.836. The van der Waals surface area contributed by atoms with Gasteiger partial charge in [0.15, 0.2) is 0 Å². The van der Waals surface area contributed by atoms with Gasteiger partial charge in [0, 0.05) is 12.6 Å². The molecule has 1 aromatic carbocycles. The molecular weight excluding hydrogens is 260 g/mol. The minimum Gasteiger partial charge on any atom is -0.316 e. The Kier molecular flexibility index (Phi) is 4.28. The maximum absolute atomic E-state index is 12.4. The fraction of sp³-hybridized carbons (Fsp3) is 0.571. The summed E-state index contributed by atoms with van der Waals surface area (Å²) in [4.78, 5) is 0.405. The van der Waals surface area contributed by atoms with Gasteiger partial charge in [0.2, 0.25) is 10.0 Å². The van der Waals surface area contributed by atoms with E-state index in [1.807, 2.05) is 20.0 Å². The van der Waals surface area contributed by atoms with Gasteiger partial charge in [0.05, 0.1) is 4.90 Å². The summed E-state index contributed by atoms with van der Waals surface area (Å²) in [5.74, 6) is 0.510. The van der Waals surface area contributed by atoms with Crippen LogP contribution in [-0.4, -0.2) is 21.5 Å². The van der Waals surface area contributed by atoms with Gasteiger partial charge < -0.3 is 5.32 Å². The molecule has 0 saturated heterocycles. The summed E-state index contributed by atoms with van der Waals surface area (Å²) >= 11 is 0. The van der Waals surface area contributed by atoms with Crippen LogP contribution in [0.3, 0.4) is 0 Å². The lowest BCUT2D eigenvalue weighted by Gasteiger charge is -2.12. The summed E-state index contributed by atoms with van der Waals surface area (Å²) in [7, 11) is -1.53. The van der Waals surface area contributed by atoms with Crippen molar-refractivity contribution in [2.75, 3.05) is 7.05 Å². The first-order valence-electron chi connectivity index (χ1n) is 6.75. The van der Waals surface area contributed by atoms with Gasteiger partial charge in [-0.3, -0.25) is 0 Å². The Bertz CT molecular complexity index is 555. The molecule has 0 spiro atoms. The number of hydrogen-bond acceptors (Lipinski definition) is 3. The van der Waals surface area contributed by atoms with Crippen molar-refractivity contribution < 1.29 is 8.42 Å². The highest BCUT2D eigenvalue weighted by molar-refractivity contribution is 7.89. The van der Waals surface area contributed by atoms with E-state index in [0.29, 0.717) is 17.4 Å². The zero-order valence-electron chi connectivity index (χ0n) is 11.7. The van der Waals surface area contributed by atoms with Crippen molar-refractivity contribution >= 4 is 10.0 Å². The molecule has 2 unspecified atom stereocenters. The molecule has 0 aliphatic heterocycles. The molecule has 19 heavy (non-hydrogen) atoms. The van der Waals surface area contributed by atoms with Crippen LogP contribution >= 0.6 is 0 Å². The van der Waals surface area contributed by atoms with Gasteiger partial charge in [-0.25, -0.2) is 13.1 Å². The lowest BCUT2D eigenvalue weighted by molar-refractivity contribution is 0.575. The zero-order chi connectivity index (χ0) is 14.0. The maximum atomic E-state index is 12.4. The van der Waals surface area contributed by atoms with E-state index < -0.39 is 10.0 Å². The van der Waals surface area contributed by atoms with Crippen LogP contribution in [0.25, 0.3) is 0 Å². The van der Waals surface area contributed by atoms with E-state index in [0.717, 1.165) is 24.0 Å². The second-order valence-corrected chi connectivity index (χ2v) is 6.88. The molecule has 0 bridgehead atoms. The third-order valence-electron chi connectivity index (χ3n) is 3.81. The van der Waals surface area contributed by atoms with Gasteiger partial charge in [-0.05, 0) is 43.5 Å². The fourth-order valence-corrected chi connectivity index (χ4v) is 4.04. The zero-order valence-corrected chi connectivity index (χ0v) is 12.5. The molecule has 4 nitrogen and oxygen atoms in total. The largest absolute Gasteiger partial charge is 0.316 e. The number of rotatable bonds is 6. The minimum atomic E-state index is -3.39. The number of benzene rings is 1. The average Bonchev–Trinajstić information content (AvgIpc) is 3.09. The molecule has 1 fully saturated rings. The summed E-state index contributed by atoms with van der Waals surface area (Å²) < 4.78 is 27.6. The van der Waals surface area contributed by atoms with Gasteiger partial charge in [0.25, 0.3) is 0 Å². The lowest BCUT2D eigenvalue weighted by atomic mass is 10.1. The SMILES string of the molecule is CCC1CC1NS(=O)(=O)c1cccc(CNC)c1C. The Hall–Kier alpha value is -0.910. The van der Waals surface area contributed by atoms with Gasteiger partial charge in [-0.2, -0.15) is 0 Å². The molecule has 0 heterocycles. The van der Waals surface area contributed by atoms with Crippen LogP contribution in [0.2, 0.25) is 0 Å². The van der Waals surface area contributed by atoms with Crippen LogP contribution in [0.15, 0.2) is 23.1 Å². The highest BCUT2D eigenvalue weighted by Crippen LogP contribution is 2.34. The molecule has 1 aliphatic carbocycles. The second kappa shape index (κ2) is 5.61. The molecular formula is C14H22N2O2S. The molecule has 1 aromatic rings. The second-order valence-electron chi connectivity index (χ2n) is 5.20. The van der Waals surface area contributed by atoms with Crippen LogP contribution < -0.4 is 10.0 Å². The van der Waals surface area contributed by atoms with Crippen molar-refractivity contribution in [3.05, 3.63) is 29.3 Å². The highest BCUT2D eigenvalue weighted by atomic mass is 32.2. The summed E-state index contributed by atoms with van der Waals surface area (Å²) in [6, 6.07) is 5.57. The lowest BCUT2D eigenvalue weighted by Crippen LogP contribution is -2.28. The molecule has 106 valence electrons.